The molecule has 0 aromatic rings. The van der Waals surface area contributed by atoms with Crippen molar-refractivity contribution in [3.63, 3.8) is 0 Å². The van der Waals surface area contributed by atoms with Crippen molar-refractivity contribution < 1.29 is 58.0 Å². The predicted octanol–water partition coefficient (Wildman–Crippen LogP) is -6.02. The first-order valence-electron chi connectivity index (χ1n) is 7.53. The maximum absolute atomic E-state index is 10.8. The van der Waals surface area contributed by atoms with Gasteiger partial charge in [0.25, 0.3) is 0 Å². The molecule has 9 atom stereocenters. The van der Waals surface area contributed by atoms with Crippen molar-refractivity contribution in [1.29, 1.82) is 0 Å². The molecule has 0 aromatic carbocycles. The number of rotatable bonds is 9. The summed E-state index contributed by atoms with van der Waals surface area (Å²) < 4.78 is 36.6. The van der Waals surface area contributed by atoms with E-state index >= 15 is 0 Å². The molecule has 12 nitrogen and oxygen atoms in total. The maximum Gasteiger partial charge on any atom is 0.218 e. The summed E-state index contributed by atoms with van der Waals surface area (Å²) in [5, 5.41) is 76.0. The molecule has 1 saturated heterocycles. The molecule has 0 aliphatic carbocycles. The summed E-state index contributed by atoms with van der Waals surface area (Å²) in [5.74, 6) is -0.586. The van der Waals surface area contributed by atoms with Crippen LogP contribution in [-0.4, -0.2) is 127 Å². The first-order chi connectivity index (χ1) is 11.9. The highest BCUT2D eigenvalue weighted by Gasteiger charge is 2.51. The van der Waals surface area contributed by atoms with Crippen LogP contribution in [0.5, 0.6) is 0 Å². The Morgan fingerprint density at radius 3 is 2.12 bits per heavy atom. The average molecular weight is 424 g/mol. The van der Waals surface area contributed by atoms with E-state index in [1.54, 1.807) is 0 Å². The summed E-state index contributed by atoms with van der Waals surface area (Å²) >= 11 is 0. The molecule has 0 radical (unpaired) electrons. The summed E-state index contributed by atoms with van der Waals surface area (Å²) in [7, 11) is -6.56. The molecule has 0 bridgehead atoms. The lowest BCUT2D eigenvalue weighted by molar-refractivity contribution is -0.101. The van der Waals surface area contributed by atoms with Gasteiger partial charge >= 0.3 is 0 Å². The van der Waals surface area contributed by atoms with Crippen molar-refractivity contribution in [2.24, 2.45) is 0 Å². The van der Waals surface area contributed by atoms with Crippen LogP contribution >= 0.6 is 0 Å². The van der Waals surface area contributed by atoms with Gasteiger partial charge in [0.15, 0.2) is 5.25 Å². The van der Waals surface area contributed by atoms with E-state index in [2.05, 4.69) is 4.18 Å². The molecule has 1 fully saturated rings. The zero-order valence-electron chi connectivity index (χ0n) is 13.5. The maximum atomic E-state index is 10.8. The minimum Gasteiger partial charge on any atom is -0.726 e. The molecule has 0 amide bonds. The van der Waals surface area contributed by atoms with Crippen LogP contribution in [0.2, 0.25) is 0 Å². The minimum absolute atomic E-state index is 0.157. The lowest BCUT2D eigenvalue weighted by Gasteiger charge is -2.36. The van der Waals surface area contributed by atoms with E-state index in [1.165, 1.54) is 0 Å². The molecule has 156 valence electrons. The second-order valence-corrected chi connectivity index (χ2v) is 9.27. The molecule has 14 heteroatoms. The Bertz CT molecular complexity index is 530. The van der Waals surface area contributed by atoms with Crippen LogP contribution in [0, 0.1) is 0 Å². The van der Waals surface area contributed by atoms with Crippen LogP contribution in [0.4, 0.5) is 0 Å². The smallest absolute Gasteiger partial charge is 0.218 e. The topological polar surface area (TPSA) is 228 Å². The van der Waals surface area contributed by atoms with Crippen molar-refractivity contribution in [2.75, 3.05) is 24.7 Å². The third-order valence-corrected chi connectivity index (χ3v) is 7.31. The van der Waals surface area contributed by atoms with E-state index in [-0.39, 0.29) is 5.75 Å². The highest BCUT2D eigenvalue weighted by atomic mass is 32.3. The summed E-state index contributed by atoms with van der Waals surface area (Å²) in [6, 6.07) is 0. The van der Waals surface area contributed by atoms with E-state index in [1.807, 2.05) is 0 Å². The lowest BCUT2D eigenvalue weighted by Crippen LogP contribution is -2.60. The zero-order valence-corrected chi connectivity index (χ0v) is 15.1. The Balaban J connectivity index is 2.98. The van der Waals surface area contributed by atoms with Gasteiger partial charge in [-0.25, -0.2) is 8.42 Å². The number of hydrogen-bond donors (Lipinski definition) is 8. The largest absolute Gasteiger partial charge is 0.726 e. The summed E-state index contributed by atoms with van der Waals surface area (Å²) in [6.07, 6.45) is -12.5. The fraction of sp³-hybridized carbons (Fsp3) is 1.00. The van der Waals surface area contributed by atoms with Crippen molar-refractivity contribution in [3.05, 3.63) is 0 Å². The Morgan fingerprint density at radius 2 is 1.65 bits per heavy atom. The third-order valence-electron chi connectivity index (χ3n) is 4.03. The molecule has 0 spiro atoms. The summed E-state index contributed by atoms with van der Waals surface area (Å²) in [4.78, 5) is 0. The van der Waals surface area contributed by atoms with Gasteiger partial charge in [-0.1, -0.05) is 0 Å². The molecule has 1 aliphatic rings. The van der Waals surface area contributed by atoms with E-state index in [9.17, 15) is 48.7 Å². The fourth-order valence-corrected chi connectivity index (χ4v) is 5.79. The molecule has 0 saturated carbocycles. The first kappa shape index (κ1) is 23.9. The van der Waals surface area contributed by atoms with Gasteiger partial charge in [0.1, 0.15) is 54.2 Å². The standard InChI is InChI=1S/C12H24O12S2/c13-1-5(15)10(19)12(24-26(21,22)23)7(17)4-25-3-6(16)9(18)11(20)8(25)2-14/h5-20H,1-4H2/t5-,6-,7+,8+,9-,10-,11-,12-,25?/m1/s1. The van der Waals surface area contributed by atoms with E-state index < -0.39 is 88.2 Å². The zero-order chi connectivity index (χ0) is 20.2. The molecule has 8 N–H and O–H groups in total. The van der Waals surface area contributed by atoms with Gasteiger partial charge < -0.3 is 45.4 Å². The van der Waals surface area contributed by atoms with Crippen molar-refractivity contribution in [2.45, 2.75) is 48.0 Å². The van der Waals surface area contributed by atoms with Crippen molar-refractivity contribution >= 4 is 21.3 Å². The predicted molar refractivity (Wildman–Crippen MR) is 85.7 cm³/mol. The monoisotopic (exact) mass is 424 g/mol. The van der Waals surface area contributed by atoms with Crippen molar-refractivity contribution in [3.8, 4) is 0 Å². The van der Waals surface area contributed by atoms with Crippen LogP contribution in [0.15, 0.2) is 0 Å². The van der Waals surface area contributed by atoms with E-state index in [0.717, 1.165) is 0 Å². The second-order valence-electron chi connectivity index (χ2n) is 5.92. The molecular formula is C12H24O12S2. The summed E-state index contributed by atoms with van der Waals surface area (Å²) in [6.45, 7) is -1.63. The Hall–Kier alpha value is -0.100. The van der Waals surface area contributed by atoms with Gasteiger partial charge in [-0.3, -0.25) is 4.18 Å². The number of aliphatic hydroxyl groups excluding tert-OH is 8. The highest BCUT2D eigenvalue weighted by molar-refractivity contribution is 7.97. The molecule has 1 heterocycles. The molecule has 1 unspecified atom stereocenters. The Morgan fingerprint density at radius 1 is 1.08 bits per heavy atom. The molecule has 26 heavy (non-hydrogen) atoms. The van der Waals surface area contributed by atoms with Crippen LogP contribution in [0.3, 0.4) is 0 Å². The van der Waals surface area contributed by atoms with Gasteiger partial charge in [0.05, 0.1) is 13.2 Å². The number of hydrogen-bond acceptors (Lipinski definition) is 12. The third kappa shape index (κ3) is 6.22. The van der Waals surface area contributed by atoms with Gasteiger partial charge in [-0.2, -0.15) is 0 Å². The molecule has 1 aliphatic heterocycles. The average Bonchev–Trinajstić information content (AvgIpc) is 2.55. The van der Waals surface area contributed by atoms with Gasteiger partial charge in [-0.15, -0.1) is 0 Å². The van der Waals surface area contributed by atoms with Crippen LogP contribution in [0.25, 0.3) is 0 Å². The van der Waals surface area contributed by atoms with E-state index in [0.29, 0.717) is 0 Å². The van der Waals surface area contributed by atoms with Crippen molar-refractivity contribution in [1.82, 2.24) is 0 Å². The lowest BCUT2D eigenvalue weighted by atomic mass is 10.0. The minimum atomic E-state index is -5.39. The summed E-state index contributed by atoms with van der Waals surface area (Å²) in [5.41, 5.74) is 0. The van der Waals surface area contributed by atoms with Crippen LogP contribution < -0.4 is 0 Å². The number of aliphatic hydroxyl groups is 8. The normalized spacial score (nSPS) is 34.9. The molecule has 1 rings (SSSR count). The Kier molecular flexibility index (Phi) is 9.12. The van der Waals surface area contributed by atoms with Gasteiger partial charge in [-0.05, 0) is 0 Å². The van der Waals surface area contributed by atoms with Gasteiger partial charge in [0.2, 0.25) is 10.4 Å². The first-order valence-corrected chi connectivity index (χ1v) is 10.5. The highest BCUT2D eigenvalue weighted by Crippen LogP contribution is 2.26. The van der Waals surface area contributed by atoms with E-state index in [4.69, 9.17) is 5.11 Å². The fourth-order valence-electron chi connectivity index (χ4n) is 2.62. The second kappa shape index (κ2) is 9.90. The quantitative estimate of drug-likeness (QED) is 0.0982. The molecular weight excluding hydrogens is 400 g/mol. The van der Waals surface area contributed by atoms with Crippen LogP contribution in [0.1, 0.15) is 0 Å². The SMILES string of the molecule is O=S(=O)([O-])O[C@@H]([C@H](O)[C@H](O)CO)[C@@H](O)C[S+]1C[C@@H](O)[C@@H](O)[C@H](O)[C@@H]1CO. The molecule has 0 aromatic heterocycles. The van der Waals surface area contributed by atoms with Gasteiger partial charge in [0, 0.05) is 10.9 Å². The Labute approximate surface area is 152 Å². The van der Waals surface area contributed by atoms with Crippen LogP contribution in [-0.2, 0) is 25.5 Å².